The number of halogens is 3. The summed E-state index contributed by atoms with van der Waals surface area (Å²) in [5.41, 5.74) is 2.42. The molecule has 0 spiro atoms. The molecule has 3 aromatic heterocycles. The maximum Gasteiger partial charge on any atom is 0.289 e. The molecule has 0 aliphatic carbocycles. The summed E-state index contributed by atoms with van der Waals surface area (Å²) in [4.78, 5) is 17.5. The van der Waals surface area contributed by atoms with Crippen LogP contribution in [0.15, 0.2) is 51.7 Å². The highest BCUT2D eigenvalue weighted by Gasteiger charge is 2.34. The summed E-state index contributed by atoms with van der Waals surface area (Å²) in [6.45, 7) is 8.40. The minimum absolute atomic E-state index is 0.101. The van der Waals surface area contributed by atoms with E-state index >= 15 is 0 Å². The summed E-state index contributed by atoms with van der Waals surface area (Å²) in [6.07, 6.45) is 5.48. The van der Waals surface area contributed by atoms with Gasteiger partial charge >= 0.3 is 0 Å². The van der Waals surface area contributed by atoms with E-state index in [-0.39, 0.29) is 18.0 Å². The average Bonchev–Trinajstić information content (AvgIpc) is 3.58. The smallest absolute Gasteiger partial charge is 0.289 e. The molecule has 0 bridgehead atoms. The molecular formula is C25H26BrCl2N7O2. The Morgan fingerprint density at radius 2 is 1.92 bits per heavy atom. The zero-order chi connectivity index (χ0) is 26.3. The molecule has 1 aromatic carbocycles. The molecule has 9 nitrogen and oxygen atoms in total. The van der Waals surface area contributed by atoms with Gasteiger partial charge in [-0.15, -0.1) is 5.10 Å². The third-order valence-electron chi connectivity index (χ3n) is 6.62. The van der Waals surface area contributed by atoms with Crippen LogP contribution in [0.3, 0.4) is 0 Å². The highest BCUT2D eigenvalue weighted by molar-refractivity contribution is 9.10. The fourth-order valence-electron chi connectivity index (χ4n) is 4.72. The van der Waals surface area contributed by atoms with Gasteiger partial charge in [0.2, 0.25) is 0 Å². The molecule has 1 aliphatic heterocycles. The van der Waals surface area contributed by atoms with E-state index in [4.69, 9.17) is 27.6 Å². The summed E-state index contributed by atoms with van der Waals surface area (Å²) in [7, 11) is 0. The molecule has 0 saturated carbocycles. The van der Waals surface area contributed by atoms with E-state index in [1.54, 1.807) is 21.6 Å². The van der Waals surface area contributed by atoms with Gasteiger partial charge in [-0.1, -0.05) is 34.5 Å². The molecule has 2 atom stereocenters. The molecule has 0 radical (unpaired) electrons. The van der Waals surface area contributed by atoms with E-state index in [9.17, 15) is 4.79 Å². The Balaban J connectivity index is 1.25. The van der Waals surface area contributed by atoms with Gasteiger partial charge in [0, 0.05) is 43.5 Å². The van der Waals surface area contributed by atoms with Crippen molar-refractivity contribution in [2.24, 2.45) is 0 Å². The van der Waals surface area contributed by atoms with Crippen molar-refractivity contribution in [3.8, 4) is 5.69 Å². The van der Waals surface area contributed by atoms with Gasteiger partial charge in [0.25, 0.3) is 5.91 Å². The van der Waals surface area contributed by atoms with Crippen LogP contribution in [0.1, 0.15) is 41.4 Å². The first-order chi connectivity index (χ1) is 17.7. The molecule has 194 valence electrons. The number of piperazine rings is 1. The number of hydrogen-bond acceptors (Lipinski definition) is 6. The van der Waals surface area contributed by atoms with Crippen molar-refractivity contribution in [3.63, 3.8) is 0 Å². The van der Waals surface area contributed by atoms with Crippen LogP contribution in [0.5, 0.6) is 0 Å². The van der Waals surface area contributed by atoms with E-state index in [2.05, 4.69) is 50.1 Å². The van der Waals surface area contributed by atoms with E-state index in [1.807, 2.05) is 42.4 Å². The molecule has 37 heavy (non-hydrogen) atoms. The predicted molar refractivity (Wildman–Crippen MR) is 144 cm³/mol. The van der Waals surface area contributed by atoms with E-state index < -0.39 is 0 Å². The first-order valence-electron chi connectivity index (χ1n) is 11.9. The van der Waals surface area contributed by atoms with Crippen molar-refractivity contribution in [1.82, 2.24) is 34.6 Å². The molecule has 5 rings (SSSR count). The number of furan rings is 1. The molecule has 1 saturated heterocycles. The highest BCUT2D eigenvalue weighted by atomic mass is 79.9. The summed E-state index contributed by atoms with van der Waals surface area (Å²) in [5, 5.41) is 13.8. The van der Waals surface area contributed by atoms with Crippen LogP contribution < -0.4 is 0 Å². The Labute approximate surface area is 233 Å². The average molecular weight is 607 g/mol. The zero-order valence-corrected chi connectivity index (χ0v) is 23.7. The van der Waals surface area contributed by atoms with Crippen LogP contribution >= 0.6 is 39.1 Å². The molecular weight excluding hydrogens is 581 g/mol. The lowest BCUT2D eigenvalue weighted by molar-refractivity contribution is 0.0244. The highest BCUT2D eigenvalue weighted by Crippen LogP contribution is 2.28. The molecule has 1 aliphatic rings. The molecule has 0 unspecified atom stereocenters. The fourth-order valence-corrected chi connectivity index (χ4v) is 5.43. The first-order valence-corrected chi connectivity index (χ1v) is 13.4. The van der Waals surface area contributed by atoms with Crippen molar-refractivity contribution in [3.05, 3.63) is 80.2 Å². The number of amides is 1. The van der Waals surface area contributed by atoms with Gasteiger partial charge in [0.05, 0.1) is 44.8 Å². The third kappa shape index (κ3) is 5.47. The van der Waals surface area contributed by atoms with Crippen LogP contribution in [0, 0.1) is 6.92 Å². The molecule has 1 amide bonds. The number of aryl methyl sites for hydroxylation is 1. The molecule has 12 heteroatoms. The zero-order valence-electron chi connectivity index (χ0n) is 20.6. The van der Waals surface area contributed by atoms with Gasteiger partial charge < -0.3 is 9.32 Å². The lowest BCUT2D eigenvalue weighted by Gasteiger charge is -2.43. The summed E-state index contributed by atoms with van der Waals surface area (Å²) < 4.78 is 10.2. The van der Waals surface area contributed by atoms with Gasteiger partial charge in [-0.3, -0.25) is 14.4 Å². The monoisotopic (exact) mass is 605 g/mol. The maximum absolute atomic E-state index is 13.3. The van der Waals surface area contributed by atoms with Gasteiger partial charge in [-0.25, -0.2) is 4.68 Å². The Morgan fingerprint density at radius 1 is 1.16 bits per heavy atom. The summed E-state index contributed by atoms with van der Waals surface area (Å²) in [6, 6.07) is 7.46. The topological polar surface area (TPSA) is 85.2 Å². The number of aromatic nitrogens is 5. The van der Waals surface area contributed by atoms with Crippen LogP contribution in [0.2, 0.25) is 10.0 Å². The number of rotatable bonds is 6. The summed E-state index contributed by atoms with van der Waals surface area (Å²) in [5.74, 6) is 0.974. The van der Waals surface area contributed by atoms with Crippen molar-refractivity contribution < 1.29 is 9.21 Å². The number of carbonyl (C=O) groups excluding carboxylic acids is 1. The normalized spacial score (nSPS) is 18.5. The second-order valence-corrected chi connectivity index (χ2v) is 11.1. The Morgan fingerprint density at radius 3 is 2.62 bits per heavy atom. The molecule has 4 heterocycles. The van der Waals surface area contributed by atoms with Gasteiger partial charge in [-0.2, -0.15) is 5.10 Å². The lowest BCUT2D eigenvalue weighted by atomic mass is 10.1. The van der Waals surface area contributed by atoms with Crippen LogP contribution in [-0.2, 0) is 13.1 Å². The molecule has 0 N–H and O–H groups in total. The van der Waals surface area contributed by atoms with Crippen LogP contribution in [0.25, 0.3) is 5.69 Å². The Hall–Kier alpha value is -2.66. The van der Waals surface area contributed by atoms with Gasteiger partial charge in [-0.05, 0) is 54.9 Å². The summed E-state index contributed by atoms with van der Waals surface area (Å²) >= 11 is 15.9. The van der Waals surface area contributed by atoms with Crippen molar-refractivity contribution in [2.75, 3.05) is 13.1 Å². The lowest BCUT2D eigenvalue weighted by Crippen LogP contribution is -2.57. The number of benzene rings is 1. The predicted octanol–water partition coefficient (Wildman–Crippen LogP) is 5.22. The standard InChI is InChI=1S/C25H26BrCl2N7O2/c1-15-9-32(25(36)23-7-18(17(3)37-23)11-33-12-19(26)8-29-33)10-16(2)34(15)13-20-14-35(31-30-20)22-6-4-5-21(27)24(22)28/h4-8,12,14-16H,9-11,13H2,1-3H3/t15-,16+. The Kier molecular flexibility index (Phi) is 7.44. The minimum Gasteiger partial charge on any atom is -0.456 e. The minimum atomic E-state index is -0.101. The molecule has 4 aromatic rings. The van der Waals surface area contributed by atoms with Crippen molar-refractivity contribution in [1.29, 1.82) is 0 Å². The van der Waals surface area contributed by atoms with E-state index in [0.717, 1.165) is 21.5 Å². The second kappa shape index (κ2) is 10.6. The third-order valence-corrected chi connectivity index (χ3v) is 7.84. The number of carbonyl (C=O) groups is 1. The Bertz CT molecular complexity index is 1420. The first kappa shape index (κ1) is 26.0. The fraction of sp³-hybridized carbons (Fsp3) is 0.360. The largest absolute Gasteiger partial charge is 0.456 e. The quantitative estimate of drug-likeness (QED) is 0.299. The van der Waals surface area contributed by atoms with Crippen LogP contribution in [0.4, 0.5) is 0 Å². The molecule has 1 fully saturated rings. The van der Waals surface area contributed by atoms with E-state index in [0.29, 0.717) is 47.7 Å². The maximum atomic E-state index is 13.3. The second-order valence-electron chi connectivity index (χ2n) is 9.36. The van der Waals surface area contributed by atoms with Crippen molar-refractivity contribution >= 4 is 45.0 Å². The van der Waals surface area contributed by atoms with Gasteiger partial charge in [0.15, 0.2) is 5.76 Å². The van der Waals surface area contributed by atoms with Crippen LogP contribution in [-0.4, -0.2) is 65.7 Å². The SMILES string of the molecule is Cc1oc(C(=O)N2C[C@@H](C)N(Cc3cn(-c4cccc(Cl)c4Cl)nn3)[C@@H](C)C2)cc1Cn1cc(Br)cn1. The van der Waals surface area contributed by atoms with E-state index in [1.165, 1.54) is 0 Å². The number of hydrogen-bond donors (Lipinski definition) is 0. The van der Waals surface area contributed by atoms with Crippen molar-refractivity contribution in [2.45, 2.75) is 45.9 Å². The van der Waals surface area contributed by atoms with Gasteiger partial charge in [0.1, 0.15) is 5.76 Å². The number of nitrogens with zero attached hydrogens (tertiary/aromatic N) is 7.